The van der Waals surface area contributed by atoms with Gasteiger partial charge >= 0.3 is 5.97 Å². The minimum absolute atomic E-state index is 0.0987. The highest BCUT2D eigenvalue weighted by atomic mass is 16.6. The molecule has 0 aliphatic heterocycles. The molecule has 8 nitrogen and oxygen atoms in total. The average Bonchev–Trinajstić information content (AvgIpc) is 3.24. The SMILES string of the molecule is CCCCCCC(C)CCCCCCCCCOCC(COC1[C@@H](O)[C@H](O)[C@@H](O)[C@@H]1O)OC(=O)CCCCCCCCCCCC(C)C. The summed E-state index contributed by atoms with van der Waals surface area (Å²) in [6.45, 7) is 9.85. The molecule has 1 fully saturated rings. The highest BCUT2D eigenvalue weighted by Crippen LogP contribution is 2.25. The van der Waals surface area contributed by atoms with Crippen LogP contribution in [0.25, 0.3) is 0 Å². The summed E-state index contributed by atoms with van der Waals surface area (Å²) in [6.07, 6.45) is 21.2. The van der Waals surface area contributed by atoms with Crippen molar-refractivity contribution in [2.45, 2.75) is 218 Å². The maximum absolute atomic E-state index is 12.6. The zero-order chi connectivity index (χ0) is 35.4. The van der Waals surface area contributed by atoms with Gasteiger partial charge in [-0.05, 0) is 24.7 Å². The van der Waals surface area contributed by atoms with Crippen LogP contribution >= 0.6 is 0 Å². The van der Waals surface area contributed by atoms with Gasteiger partial charge < -0.3 is 34.6 Å². The van der Waals surface area contributed by atoms with Gasteiger partial charge in [-0.3, -0.25) is 4.79 Å². The molecule has 0 aromatic heterocycles. The van der Waals surface area contributed by atoms with Gasteiger partial charge in [0.15, 0.2) is 0 Å². The van der Waals surface area contributed by atoms with Crippen LogP contribution in [-0.2, 0) is 19.0 Å². The lowest BCUT2D eigenvalue weighted by Gasteiger charge is -2.24. The van der Waals surface area contributed by atoms with Crippen molar-refractivity contribution in [3.63, 3.8) is 0 Å². The van der Waals surface area contributed by atoms with Crippen LogP contribution in [0.5, 0.6) is 0 Å². The first-order chi connectivity index (χ1) is 23.2. The van der Waals surface area contributed by atoms with Crippen molar-refractivity contribution in [2.24, 2.45) is 11.8 Å². The summed E-state index contributed by atoms with van der Waals surface area (Å²) < 4.78 is 17.2. The largest absolute Gasteiger partial charge is 0.457 e. The average molecular weight is 687 g/mol. The van der Waals surface area contributed by atoms with Gasteiger partial charge in [0.2, 0.25) is 0 Å². The highest BCUT2D eigenvalue weighted by Gasteiger charge is 2.49. The molecular formula is C40H78O8. The van der Waals surface area contributed by atoms with Crippen molar-refractivity contribution in [1.29, 1.82) is 0 Å². The molecule has 0 aromatic carbocycles. The molecule has 4 N–H and O–H groups in total. The van der Waals surface area contributed by atoms with Gasteiger partial charge in [0.05, 0.1) is 13.2 Å². The van der Waals surface area contributed by atoms with E-state index in [0.717, 1.165) is 43.9 Å². The third-order valence-corrected chi connectivity index (χ3v) is 10.00. The molecule has 6 atom stereocenters. The van der Waals surface area contributed by atoms with E-state index >= 15 is 0 Å². The number of carbonyl (C=O) groups excluding carboxylic acids is 1. The van der Waals surface area contributed by atoms with E-state index in [0.29, 0.717) is 13.0 Å². The number of carbonyl (C=O) groups is 1. The maximum Gasteiger partial charge on any atom is 0.306 e. The standard InChI is InChI=1S/C40H78O8/c1-5-6-7-21-26-33(4)27-22-17-13-11-15-19-24-29-46-30-34(31-47-40-38(44)36(42)37(43)39(40)45)48-35(41)28-23-18-14-10-8-9-12-16-20-25-32(2)3/h32-34,36-40,42-45H,5-31H2,1-4H3/t33?,34?,36-,37-,38+,39+/m1/s1. The number of ether oxygens (including phenoxy) is 3. The van der Waals surface area contributed by atoms with E-state index in [4.69, 9.17) is 14.2 Å². The van der Waals surface area contributed by atoms with Crippen molar-refractivity contribution in [1.82, 2.24) is 0 Å². The van der Waals surface area contributed by atoms with Crippen LogP contribution in [0.2, 0.25) is 0 Å². The molecule has 1 saturated carbocycles. The van der Waals surface area contributed by atoms with Crippen LogP contribution in [0.15, 0.2) is 0 Å². The zero-order valence-electron chi connectivity index (χ0n) is 31.6. The minimum Gasteiger partial charge on any atom is -0.457 e. The Hall–Kier alpha value is -0.770. The normalized spacial score (nSPS) is 21.3. The molecule has 0 saturated heterocycles. The molecule has 0 aromatic rings. The van der Waals surface area contributed by atoms with Crippen LogP contribution in [0, 0.1) is 11.8 Å². The molecule has 0 amide bonds. The quantitative estimate of drug-likeness (QED) is 0.0401. The van der Waals surface area contributed by atoms with Gasteiger partial charge in [0, 0.05) is 13.0 Å². The van der Waals surface area contributed by atoms with Gasteiger partial charge in [-0.1, -0.05) is 163 Å². The summed E-state index contributed by atoms with van der Waals surface area (Å²) in [5, 5.41) is 40.1. The van der Waals surface area contributed by atoms with Crippen LogP contribution in [0.3, 0.4) is 0 Å². The molecule has 1 aliphatic rings. The van der Waals surface area contributed by atoms with E-state index < -0.39 is 36.6 Å². The lowest BCUT2D eigenvalue weighted by atomic mass is 9.96. The molecule has 1 aliphatic carbocycles. The zero-order valence-corrected chi connectivity index (χ0v) is 31.6. The second kappa shape index (κ2) is 29.9. The number of aliphatic hydroxyl groups excluding tert-OH is 4. The smallest absolute Gasteiger partial charge is 0.306 e. The molecule has 8 heteroatoms. The van der Waals surface area contributed by atoms with Crippen LogP contribution < -0.4 is 0 Å². The minimum atomic E-state index is -1.49. The van der Waals surface area contributed by atoms with E-state index in [1.165, 1.54) is 116 Å². The predicted octanol–water partition coefficient (Wildman–Crippen LogP) is 8.43. The maximum atomic E-state index is 12.6. The summed E-state index contributed by atoms with van der Waals surface area (Å²) in [5.74, 6) is 1.34. The summed E-state index contributed by atoms with van der Waals surface area (Å²) in [5.41, 5.74) is 0. The van der Waals surface area contributed by atoms with Gasteiger partial charge in [0.1, 0.15) is 36.6 Å². The highest BCUT2D eigenvalue weighted by molar-refractivity contribution is 5.69. The van der Waals surface area contributed by atoms with Crippen molar-refractivity contribution in [3.8, 4) is 0 Å². The Morgan fingerprint density at radius 3 is 1.54 bits per heavy atom. The number of rotatable bonds is 33. The predicted molar refractivity (Wildman–Crippen MR) is 195 cm³/mol. The molecule has 48 heavy (non-hydrogen) atoms. The number of hydrogen-bond donors (Lipinski definition) is 4. The molecule has 286 valence electrons. The van der Waals surface area contributed by atoms with Crippen molar-refractivity contribution in [3.05, 3.63) is 0 Å². The topological polar surface area (TPSA) is 126 Å². The van der Waals surface area contributed by atoms with Crippen molar-refractivity contribution in [2.75, 3.05) is 19.8 Å². The molecule has 0 spiro atoms. The Morgan fingerprint density at radius 1 is 0.562 bits per heavy atom. The Morgan fingerprint density at radius 2 is 1.02 bits per heavy atom. The van der Waals surface area contributed by atoms with E-state index in [1.54, 1.807) is 0 Å². The van der Waals surface area contributed by atoms with Crippen molar-refractivity contribution < 1.29 is 39.4 Å². The van der Waals surface area contributed by atoms with Gasteiger partial charge in [-0.25, -0.2) is 0 Å². The molecular weight excluding hydrogens is 608 g/mol. The fourth-order valence-electron chi connectivity index (χ4n) is 6.69. The number of unbranched alkanes of at least 4 members (excludes halogenated alkanes) is 17. The Bertz CT molecular complexity index is 720. The van der Waals surface area contributed by atoms with Gasteiger partial charge in [-0.2, -0.15) is 0 Å². The van der Waals surface area contributed by atoms with E-state index in [1.807, 2.05) is 0 Å². The molecule has 1 rings (SSSR count). The fourth-order valence-corrected chi connectivity index (χ4v) is 6.69. The number of aliphatic hydroxyl groups is 4. The summed E-state index contributed by atoms with van der Waals surface area (Å²) in [4.78, 5) is 12.6. The lowest BCUT2D eigenvalue weighted by Crippen LogP contribution is -2.39. The van der Waals surface area contributed by atoms with Crippen LogP contribution in [0.1, 0.15) is 182 Å². The van der Waals surface area contributed by atoms with E-state index in [-0.39, 0.29) is 19.2 Å². The molecule has 0 bridgehead atoms. The first-order valence-corrected chi connectivity index (χ1v) is 20.3. The summed E-state index contributed by atoms with van der Waals surface area (Å²) in [7, 11) is 0. The monoisotopic (exact) mass is 687 g/mol. The summed E-state index contributed by atoms with van der Waals surface area (Å²) in [6, 6.07) is 0. The van der Waals surface area contributed by atoms with E-state index in [9.17, 15) is 25.2 Å². The Labute approximate surface area is 295 Å². The third kappa shape index (κ3) is 22.8. The van der Waals surface area contributed by atoms with Gasteiger partial charge in [0.25, 0.3) is 0 Å². The lowest BCUT2D eigenvalue weighted by molar-refractivity contribution is -0.163. The summed E-state index contributed by atoms with van der Waals surface area (Å²) >= 11 is 0. The first kappa shape index (κ1) is 45.3. The van der Waals surface area contributed by atoms with Crippen LogP contribution in [0.4, 0.5) is 0 Å². The van der Waals surface area contributed by atoms with Crippen molar-refractivity contribution >= 4 is 5.97 Å². The molecule has 0 heterocycles. The third-order valence-electron chi connectivity index (χ3n) is 10.00. The second-order valence-electron chi connectivity index (χ2n) is 15.3. The first-order valence-electron chi connectivity index (χ1n) is 20.3. The Kier molecular flexibility index (Phi) is 28.2. The van der Waals surface area contributed by atoms with E-state index in [2.05, 4.69) is 27.7 Å². The second-order valence-corrected chi connectivity index (χ2v) is 15.3. The molecule has 0 radical (unpaired) electrons. The Balaban J connectivity index is 2.24. The van der Waals surface area contributed by atoms with Gasteiger partial charge in [-0.15, -0.1) is 0 Å². The molecule has 2 unspecified atom stereocenters. The number of hydrogen-bond acceptors (Lipinski definition) is 8. The fraction of sp³-hybridized carbons (Fsp3) is 0.975. The number of esters is 1. The van der Waals surface area contributed by atoms with Crippen LogP contribution in [-0.4, -0.2) is 82.8 Å².